The van der Waals surface area contributed by atoms with Crippen LogP contribution in [0.2, 0.25) is 0 Å². The van der Waals surface area contributed by atoms with Gasteiger partial charge in [-0.1, -0.05) is 6.07 Å². The predicted molar refractivity (Wildman–Crippen MR) is 101 cm³/mol. The second-order valence-corrected chi connectivity index (χ2v) is 6.95. The molecule has 0 radical (unpaired) electrons. The van der Waals surface area contributed by atoms with Gasteiger partial charge in [0.15, 0.2) is 17.5 Å². The zero-order chi connectivity index (χ0) is 20.4. The number of halogens is 6. The third-order valence-corrected chi connectivity index (χ3v) is 4.72. The van der Waals surface area contributed by atoms with E-state index in [0.29, 0.717) is 14.8 Å². The topological polar surface area (TPSA) is 46.9 Å². The average Bonchev–Trinajstić information content (AvgIpc) is 2.65. The van der Waals surface area contributed by atoms with Crippen LogP contribution in [-0.4, -0.2) is 9.55 Å². The van der Waals surface area contributed by atoms with E-state index in [1.807, 2.05) is 22.6 Å². The number of rotatable bonds is 5. The lowest BCUT2D eigenvalue weighted by atomic mass is 10.2. The Balaban J connectivity index is 2.03. The standard InChI is InChI=1S/C18H11F5IN3O/c19-6-9-1-2-14(24)15(5-9)25-18-26-17(28)13(22)8-27(18)7-10-3-11(20)16(23)12(21)4-10/h1-5,8H,6-7H2,(H,25,26,28). The third kappa shape index (κ3) is 4.32. The molecule has 0 aliphatic carbocycles. The highest BCUT2D eigenvalue weighted by Crippen LogP contribution is 2.24. The Morgan fingerprint density at radius 3 is 2.32 bits per heavy atom. The normalized spacial score (nSPS) is 10.9. The first-order valence-corrected chi connectivity index (χ1v) is 8.88. The molecule has 4 nitrogen and oxygen atoms in total. The van der Waals surface area contributed by atoms with Gasteiger partial charge < -0.3 is 9.88 Å². The van der Waals surface area contributed by atoms with Crippen LogP contribution in [0.1, 0.15) is 11.1 Å². The van der Waals surface area contributed by atoms with Crippen molar-refractivity contribution in [2.75, 3.05) is 5.32 Å². The smallest absolute Gasteiger partial charge is 0.310 e. The van der Waals surface area contributed by atoms with Crippen molar-refractivity contribution in [3.63, 3.8) is 0 Å². The number of hydrogen-bond acceptors (Lipinski definition) is 3. The summed E-state index contributed by atoms with van der Waals surface area (Å²) in [5.74, 6) is -5.73. The molecule has 3 aromatic rings. The second kappa shape index (κ2) is 8.25. The minimum Gasteiger partial charge on any atom is -0.325 e. The molecule has 28 heavy (non-hydrogen) atoms. The van der Waals surface area contributed by atoms with E-state index in [2.05, 4.69) is 10.3 Å². The molecule has 1 heterocycles. The maximum absolute atomic E-state index is 13.7. The zero-order valence-electron chi connectivity index (χ0n) is 13.9. The molecule has 2 aromatic carbocycles. The van der Waals surface area contributed by atoms with Gasteiger partial charge in [0, 0.05) is 9.77 Å². The first-order chi connectivity index (χ1) is 13.3. The monoisotopic (exact) mass is 507 g/mol. The molecule has 1 N–H and O–H groups in total. The van der Waals surface area contributed by atoms with Crippen LogP contribution in [0.5, 0.6) is 0 Å². The van der Waals surface area contributed by atoms with Crippen LogP contribution in [0.4, 0.5) is 33.6 Å². The van der Waals surface area contributed by atoms with Crippen LogP contribution in [0.25, 0.3) is 0 Å². The fraction of sp³-hybridized carbons (Fsp3) is 0.111. The van der Waals surface area contributed by atoms with Gasteiger partial charge >= 0.3 is 5.56 Å². The van der Waals surface area contributed by atoms with Crippen LogP contribution in [0, 0.1) is 26.8 Å². The Kier molecular flexibility index (Phi) is 5.96. The van der Waals surface area contributed by atoms with E-state index < -0.39 is 35.5 Å². The summed E-state index contributed by atoms with van der Waals surface area (Å²) in [5, 5.41) is 2.79. The number of nitrogens with one attached hydrogen (secondary N) is 1. The Morgan fingerprint density at radius 1 is 1.00 bits per heavy atom. The van der Waals surface area contributed by atoms with Crippen molar-refractivity contribution < 1.29 is 22.0 Å². The summed E-state index contributed by atoms with van der Waals surface area (Å²) < 4.78 is 68.5. The van der Waals surface area contributed by atoms with Crippen molar-refractivity contribution in [2.24, 2.45) is 0 Å². The molecule has 0 saturated carbocycles. The summed E-state index contributed by atoms with van der Waals surface area (Å²) in [5.41, 5.74) is -0.399. The summed E-state index contributed by atoms with van der Waals surface area (Å²) >= 11 is 1.97. The largest absolute Gasteiger partial charge is 0.325 e. The Hall–Kier alpha value is -2.50. The van der Waals surface area contributed by atoms with E-state index in [9.17, 15) is 26.7 Å². The Bertz CT molecular complexity index is 1080. The minimum atomic E-state index is -1.62. The van der Waals surface area contributed by atoms with E-state index in [0.717, 1.165) is 22.9 Å². The molecule has 0 unspecified atom stereocenters. The zero-order valence-corrected chi connectivity index (χ0v) is 16.1. The van der Waals surface area contributed by atoms with Gasteiger partial charge in [-0.15, -0.1) is 0 Å². The van der Waals surface area contributed by atoms with Crippen molar-refractivity contribution in [2.45, 2.75) is 13.2 Å². The molecule has 146 valence electrons. The van der Waals surface area contributed by atoms with Crippen molar-refractivity contribution in [3.8, 4) is 0 Å². The van der Waals surface area contributed by atoms with Gasteiger partial charge in [-0.05, 0) is 58.0 Å². The van der Waals surface area contributed by atoms with Gasteiger partial charge in [-0.25, -0.2) is 17.6 Å². The van der Waals surface area contributed by atoms with Gasteiger partial charge in [0.1, 0.15) is 6.67 Å². The highest BCUT2D eigenvalue weighted by atomic mass is 127. The Morgan fingerprint density at radius 2 is 1.68 bits per heavy atom. The molecule has 0 amide bonds. The van der Waals surface area contributed by atoms with Crippen LogP contribution in [0.15, 0.2) is 41.3 Å². The van der Waals surface area contributed by atoms with Crippen molar-refractivity contribution in [3.05, 3.63) is 84.8 Å². The Labute approximate surface area is 169 Å². The summed E-state index contributed by atoms with van der Waals surface area (Å²) in [7, 11) is 0. The molecule has 0 aliphatic rings. The molecule has 0 atom stereocenters. The van der Waals surface area contributed by atoms with Gasteiger partial charge in [0.25, 0.3) is 0 Å². The molecule has 10 heteroatoms. The quantitative estimate of drug-likeness (QED) is 0.311. The van der Waals surface area contributed by atoms with Gasteiger partial charge in [0.2, 0.25) is 11.8 Å². The van der Waals surface area contributed by atoms with Crippen molar-refractivity contribution in [1.29, 1.82) is 0 Å². The molecular formula is C18H11F5IN3O. The molecule has 0 fully saturated rings. The summed E-state index contributed by atoms with van der Waals surface area (Å²) in [6.45, 7) is -1.02. The fourth-order valence-electron chi connectivity index (χ4n) is 2.46. The lowest BCUT2D eigenvalue weighted by Crippen LogP contribution is -2.20. The van der Waals surface area contributed by atoms with E-state index >= 15 is 0 Å². The fourth-order valence-corrected chi connectivity index (χ4v) is 2.93. The second-order valence-electron chi connectivity index (χ2n) is 5.79. The van der Waals surface area contributed by atoms with Crippen LogP contribution >= 0.6 is 22.6 Å². The lowest BCUT2D eigenvalue weighted by Gasteiger charge is -2.15. The molecule has 1 aromatic heterocycles. The van der Waals surface area contributed by atoms with E-state index in [-0.39, 0.29) is 18.1 Å². The highest BCUT2D eigenvalue weighted by molar-refractivity contribution is 14.1. The summed E-state index contributed by atoms with van der Waals surface area (Å²) in [6, 6.07) is 6.20. The number of alkyl halides is 1. The first kappa shape index (κ1) is 20.2. The first-order valence-electron chi connectivity index (χ1n) is 7.80. The number of anilines is 2. The van der Waals surface area contributed by atoms with Gasteiger partial charge in [0.05, 0.1) is 12.2 Å². The summed E-state index contributed by atoms with van der Waals surface area (Å²) in [6.07, 6.45) is 0.808. The number of benzene rings is 2. The molecule has 0 saturated heterocycles. The molecule has 0 bridgehead atoms. The molecular weight excluding hydrogens is 496 g/mol. The number of nitrogens with zero attached hydrogens (tertiary/aromatic N) is 2. The lowest BCUT2D eigenvalue weighted by molar-refractivity contribution is 0.444. The van der Waals surface area contributed by atoms with Crippen LogP contribution < -0.4 is 10.9 Å². The van der Waals surface area contributed by atoms with Crippen molar-refractivity contribution >= 4 is 34.2 Å². The predicted octanol–water partition coefficient (Wildman–Crippen LogP) is 4.67. The van der Waals surface area contributed by atoms with E-state index in [4.69, 9.17) is 0 Å². The molecule has 3 rings (SSSR count). The van der Waals surface area contributed by atoms with Crippen molar-refractivity contribution in [1.82, 2.24) is 9.55 Å². The minimum absolute atomic E-state index is 0.0171. The maximum atomic E-state index is 13.7. The van der Waals surface area contributed by atoms with Crippen LogP contribution in [0.3, 0.4) is 0 Å². The molecule has 0 aliphatic heterocycles. The third-order valence-electron chi connectivity index (χ3n) is 3.78. The molecule has 0 spiro atoms. The van der Waals surface area contributed by atoms with E-state index in [1.165, 1.54) is 6.07 Å². The van der Waals surface area contributed by atoms with Crippen LogP contribution in [-0.2, 0) is 13.2 Å². The average molecular weight is 507 g/mol. The highest BCUT2D eigenvalue weighted by Gasteiger charge is 2.14. The number of hydrogen-bond donors (Lipinski definition) is 1. The van der Waals surface area contributed by atoms with Gasteiger partial charge in [-0.2, -0.15) is 9.37 Å². The maximum Gasteiger partial charge on any atom is 0.310 e. The number of aromatic nitrogens is 2. The van der Waals surface area contributed by atoms with E-state index in [1.54, 1.807) is 12.1 Å². The summed E-state index contributed by atoms with van der Waals surface area (Å²) in [4.78, 5) is 15.2. The van der Waals surface area contributed by atoms with Gasteiger partial charge in [-0.3, -0.25) is 4.79 Å². The SMILES string of the molecule is O=c1nc(Nc2cc(CF)ccc2I)n(Cc2cc(F)c(F)c(F)c2)cc1F.